The minimum Gasteiger partial charge on any atom is -0.382 e. The monoisotopic (exact) mass is 523 g/mol. The first-order valence-corrected chi connectivity index (χ1v) is 11.5. The number of benzene rings is 1. The Kier molecular flexibility index (Phi) is 8.52. The van der Waals surface area contributed by atoms with Crippen molar-refractivity contribution in [2.45, 2.75) is 30.3 Å². The lowest BCUT2D eigenvalue weighted by molar-refractivity contribution is 0.0630. The van der Waals surface area contributed by atoms with Gasteiger partial charge in [-0.15, -0.1) is 0 Å². The van der Waals surface area contributed by atoms with Gasteiger partial charge < -0.3 is 14.4 Å². The second-order valence-corrected chi connectivity index (χ2v) is 9.92. The summed E-state index contributed by atoms with van der Waals surface area (Å²) in [6.45, 7) is 3.62. The Morgan fingerprint density at radius 1 is 1.33 bits per heavy atom. The number of ether oxygens (including phenoxy) is 2. The first kappa shape index (κ1) is 22.6. The molecule has 2 atom stereocenters. The number of hydrogen-bond acceptors (Lipinski definition) is 6. The van der Waals surface area contributed by atoms with E-state index in [4.69, 9.17) is 9.47 Å². The second kappa shape index (κ2) is 10.2. The molecule has 1 fully saturated rings. The topological polar surface area (TPSA) is 82.9 Å². The van der Waals surface area contributed by atoms with Crippen LogP contribution in [0.25, 0.3) is 0 Å². The highest BCUT2D eigenvalue weighted by atomic mass is 79.9. The van der Waals surface area contributed by atoms with Gasteiger partial charge in [0, 0.05) is 41.2 Å². The first-order valence-electron chi connectivity index (χ1n) is 8.51. The molecule has 1 aromatic carbocycles. The quantitative estimate of drug-likeness (QED) is 0.365. The van der Waals surface area contributed by atoms with Gasteiger partial charge >= 0.3 is 0 Å². The molecule has 1 saturated heterocycles. The Morgan fingerprint density at radius 2 is 2.07 bits per heavy atom. The van der Waals surface area contributed by atoms with Gasteiger partial charge in [0.15, 0.2) is 6.19 Å². The summed E-state index contributed by atoms with van der Waals surface area (Å²) in [4.78, 5) is 1.81. The lowest BCUT2D eigenvalue weighted by atomic mass is 10.2. The minimum absolute atomic E-state index is 0.00180. The lowest BCUT2D eigenvalue weighted by Gasteiger charge is -2.28. The second-order valence-electron chi connectivity index (χ2n) is 6.29. The fraction of sp³-hybridized carbons (Fsp3) is 0.588. The van der Waals surface area contributed by atoms with Gasteiger partial charge in [0.1, 0.15) is 0 Å². The van der Waals surface area contributed by atoms with E-state index in [1.54, 1.807) is 30.2 Å². The summed E-state index contributed by atoms with van der Waals surface area (Å²) in [5.41, 5.74) is 0. The van der Waals surface area contributed by atoms with Gasteiger partial charge in [-0.1, -0.05) is 15.9 Å². The zero-order valence-electron chi connectivity index (χ0n) is 15.3. The summed E-state index contributed by atoms with van der Waals surface area (Å²) in [5, 5.41) is 9.27. The van der Waals surface area contributed by atoms with Gasteiger partial charge in [0.2, 0.25) is 10.0 Å². The average molecular weight is 525 g/mol. The van der Waals surface area contributed by atoms with Crippen molar-refractivity contribution in [2.75, 3.05) is 40.0 Å². The van der Waals surface area contributed by atoms with Gasteiger partial charge in [-0.3, -0.25) is 0 Å². The molecule has 1 aromatic rings. The molecular weight excluding hydrogens is 502 g/mol. The Labute approximate surface area is 177 Å². The third-order valence-electron chi connectivity index (χ3n) is 4.46. The highest BCUT2D eigenvalue weighted by Crippen LogP contribution is 2.32. The third-order valence-corrected chi connectivity index (χ3v) is 7.90. The summed E-state index contributed by atoms with van der Waals surface area (Å²) in [7, 11) is -2.19. The van der Waals surface area contributed by atoms with Crippen LogP contribution >= 0.6 is 31.9 Å². The average Bonchev–Trinajstić information content (AvgIpc) is 3.00. The normalized spacial score (nSPS) is 20.2. The van der Waals surface area contributed by atoms with Crippen molar-refractivity contribution >= 4 is 41.9 Å². The SMILES string of the molecule is COCCOCCN(C1C[C@H](C)N(C#N)C1)S(=O)(=O)c1cc(Br)ccc1Br. The van der Waals surface area contributed by atoms with Crippen LogP contribution in [-0.4, -0.2) is 69.7 Å². The minimum atomic E-state index is -3.78. The standard InChI is InChI=1S/C17H23Br2N3O4S/c1-13-9-15(11-21(13)12-20)22(5-6-26-8-7-25-2)27(23,24)17-10-14(18)3-4-16(17)19/h3-4,10,13,15H,5-9,11H2,1-2H3/t13-,15?/m0/s1. The molecule has 2 rings (SSSR count). The van der Waals surface area contributed by atoms with Gasteiger partial charge in [-0.05, 0) is 47.5 Å². The lowest BCUT2D eigenvalue weighted by Crippen LogP contribution is -2.43. The van der Waals surface area contributed by atoms with Crippen LogP contribution in [0.5, 0.6) is 0 Å². The number of rotatable bonds is 9. The van der Waals surface area contributed by atoms with E-state index < -0.39 is 10.0 Å². The van der Waals surface area contributed by atoms with E-state index in [0.717, 1.165) is 0 Å². The fourth-order valence-corrected chi connectivity index (χ4v) is 6.13. The van der Waals surface area contributed by atoms with Crippen molar-refractivity contribution in [3.8, 4) is 6.19 Å². The molecule has 150 valence electrons. The van der Waals surface area contributed by atoms with E-state index >= 15 is 0 Å². The van der Waals surface area contributed by atoms with Crippen LogP contribution in [0.2, 0.25) is 0 Å². The van der Waals surface area contributed by atoms with E-state index in [1.165, 1.54) is 4.31 Å². The van der Waals surface area contributed by atoms with Crippen molar-refractivity contribution in [3.63, 3.8) is 0 Å². The van der Waals surface area contributed by atoms with Gasteiger partial charge in [-0.2, -0.15) is 9.57 Å². The number of nitriles is 1. The molecular formula is C17H23Br2N3O4S. The van der Waals surface area contributed by atoms with Crippen molar-refractivity contribution in [2.24, 2.45) is 0 Å². The van der Waals surface area contributed by atoms with Gasteiger partial charge in [0.05, 0.1) is 24.7 Å². The van der Waals surface area contributed by atoms with Crippen LogP contribution in [0, 0.1) is 11.5 Å². The summed E-state index contributed by atoms with van der Waals surface area (Å²) in [6.07, 6.45) is 2.74. The number of likely N-dealkylation sites (tertiary alicyclic amines) is 1. The maximum Gasteiger partial charge on any atom is 0.244 e. The van der Waals surface area contributed by atoms with Gasteiger partial charge in [0.25, 0.3) is 0 Å². The Morgan fingerprint density at radius 3 is 2.70 bits per heavy atom. The summed E-state index contributed by atoms with van der Waals surface area (Å²) < 4.78 is 39.9. The predicted octanol–water partition coefficient (Wildman–Crippen LogP) is 2.81. The zero-order valence-corrected chi connectivity index (χ0v) is 19.3. The predicted molar refractivity (Wildman–Crippen MR) is 109 cm³/mol. The van der Waals surface area contributed by atoms with Crippen LogP contribution < -0.4 is 0 Å². The maximum atomic E-state index is 13.4. The molecule has 0 amide bonds. The molecule has 0 spiro atoms. The third kappa shape index (κ3) is 5.65. The summed E-state index contributed by atoms with van der Waals surface area (Å²) in [5.74, 6) is 0. The van der Waals surface area contributed by atoms with Crippen LogP contribution in [0.3, 0.4) is 0 Å². The molecule has 0 N–H and O–H groups in total. The fourth-order valence-electron chi connectivity index (χ4n) is 3.05. The first-order chi connectivity index (χ1) is 12.8. The number of methoxy groups -OCH3 is 1. The molecule has 1 aliphatic heterocycles. The molecule has 1 unspecified atom stereocenters. The van der Waals surface area contributed by atoms with E-state index in [1.807, 2.05) is 6.92 Å². The molecule has 27 heavy (non-hydrogen) atoms. The highest BCUT2D eigenvalue weighted by molar-refractivity contribution is 9.11. The van der Waals surface area contributed by atoms with E-state index in [0.29, 0.717) is 35.1 Å². The number of halogens is 2. The van der Waals surface area contributed by atoms with E-state index in [2.05, 4.69) is 38.1 Å². The van der Waals surface area contributed by atoms with Crippen LogP contribution in [0.1, 0.15) is 13.3 Å². The van der Waals surface area contributed by atoms with E-state index in [9.17, 15) is 13.7 Å². The smallest absolute Gasteiger partial charge is 0.244 e. The molecule has 0 aliphatic carbocycles. The molecule has 1 heterocycles. The summed E-state index contributed by atoms with van der Waals surface area (Å²) in [6, 6.07) is 4.76. The number of hydrogen-bond donors (Lipinski definition) is 0. The van der Waals surface area contributed by atoms with Crippen molar-refractivity contribution < 1.29 is 17.9 Å². The zero-order chi connectivity index (χ0) is 20.0. The van der Waals surface area contributed by atoms with Crippen molar-refractivity contribution in [1.29, 1.82) is 5.26 Å². The van der Waals surface area contributed by atoms with Crippen molar-refractivity contribution in [1.82, 2.24) is 9.21 Å². The molecule has 0 aromatic heterocycles. The molecule has 1 aliphatic rings. The van der Waals surface area contributed by atoms with Gasteiger partial charge in [-0.25, -0.2) is 8.42 Å². The molecule has 0 bridgehead atoms. The van der Waals surface area contributed by atoms with Crippen LogP contribution in [-0.2, 0) is 19.5 Å². The molecule has 0 saturated carbocycles. The molecule has 10 heteroatoms. The van der Waals surface area contributed by atoms with Crippen molar-refractivity contribution in [3.05, 3.63) is 27.1 Å². The Balaban J connectivity index is 2.28. The largest absolute Gasteiger partial charge is 0.382 e. The highest BCUT2D eigenvalue weighted by Gasteiger charge is 2.39. The molecule has 0 radical (unpaired) electrons. The maximum absolute atomic E-state index is 13.4. The van der Waals surface area contributed by atoms with E-state index in [-0.39, 0.29) is 30.1 Å². The number of sulfonamides is 1. The van der Waals surface area contributed by atoms with Crippen LogP contribution in [0.15, 0.2) is 32.0 Å². The summed E-state index contributed by atoms with van der Waals surface area (Å²) >= 11 is 6.68. The Bertz CT molecular complexity index is 785. The van der Waals surface area contributed by atoms with Crippen LogP contribution in [0.4, 0.5) is 0 Å². The molecule has 7 nitrogen and oxygen atoms in total. The number of nitrogens with zero attached hydrogens (tertiary/aromatic N) is 3. The Hall–Kier alpha value is -0.700.